The fourth-order valence-corrected chi connectivity index (χ4v) is 4.22. The van der Waals surface area contributed by atoms with Gasteiger partial charge in [0.2, 0.25) is 5.91 Å². The fraction of sp³-hybridized carbons (Fsp3) is 0.238. The van der Waals surface area contributed by atoms with E-state index < -0.39 is 0 Å². The molecule has 0 aliphatic carbocycles. The number of carbonyl (C=O) groups excluding carboxylic acids is 1. The molecule has 1 aromatic heterocycles. The van der Waals surface area contributed by atoms with E-state index in [-0.39, 0.29) is 17.2 Å². The maximum Gasteiger partial charge on any atom is 0.266 e. The minimum absolute atomic E-state index is 0.0660. The van der Waals surface area contributed by atoms with Crippen LogP contribution in [-0.4, -0.2) is 39.2 Å². The summed E-state index contributed by atoms with van der Waals surface area (Å²) in [4.78, 5) is 32.1. The van der Waals surface area contributed by atoms with Crippen LogP contribution in [-0.2, 0) is 4.79 Å². The maximum atomic E-state index is 13.2. The summed E-state index contributed by atoms with van der Waals surface area (Å²) >= 11 is 1.27. The molecule has 1 saturated heterocycles. The van der Waals surface area contributed by atoms with E-state index >= 15 is 0 Å². The Hall–Kier alpha value is -3.11. The van der Waals surface area contributed by atoms with Crippen molar-refractivity contribution in [3.8, 4) is 11.8 Å². The van der Waals surface area contributed by atoms with Crippen molar-refractivity contribution in [2.45, 2.75) is 18.0 Å². The largest absolute Gasteiger partial charge is 0.342 e. The smallest absolute Gasteiger partial charge is 0.266 e. The summed E-state index contributed by atoms with van der Waals surface area (Å²) in [5, 5.41) is 10.0. The number of rotatable bonds is 4. The zero-order chi connectivity index (χ0) is 19.5. The number of hydrogen-bond donors (Lipinski definition) is 0. The number of thioether (sulfide) groups is 1. The topological polar surface area (TPSA) is 79.0 Å². The molecule has 1 fully saturated rings. The number of nitrogens with zero attached hydrogens (tertiary/aromatic N) is 4. The molecule has 2 heterocycles. The second-order valence-electron chi connectivity index (χ2n) is 6.59. The maximum absolute atomic E-state index is 13.2. The minimum Gasteiger partial charge on any atom is -0.342 e. The number of hydrogen-bond acceptors (Lipinski definition) is 5. The van der Waals surface area contributed by atoms with E-state index in [4.69, 9.17) is 5.26 Å². The van der Waals surface area contributed by atoms with Crippen LogP contribution in [0.4, 0.5) is 0 Å². The van der Waals surface area contributed by atoms with Gasteiger partial charge in [0, 0.05) is 13.1 Å². The Morgan fingerprint density at radius 1 is 1.11 bits per heavy atom. The van der Waals surface area contributed by atoms with E-state index in [1.807, 2.05) is 11.0 Å². The summed E-state index contributed by atoms with van der Waals surface area (Å²) in [5.74, 6) is 0.303. The summed E-state index contributed by atoms with van der Waals surface area (Å²) in [6.45, 7) is 1.60. The fourth-order valence-electron chi connectivity index (χ4n) is 3.31. The number of para-hydroxylation sites is 1. The van der Waals surface area contributed by atoms with Crippen LogP contribution in [0.15, 0.2) is 58.5 Å². The third kappa shape index (κ3) is 3.51. The molecule has 1 aliphatic rings. The van der Waals surface area contributed by atoms with Crippen LogP contribution in [0.5, 0.6) is 0 Å². The van der Waals surface area contributed by atoms with E-state index in [0.717, 1.165) is 25.9 Å². The van der Waals surface area contributed by atoms with Gasteiger partial charge < -0.3 is 4.90 Å². The summed E-state index contributed by atoms with van der Waals surface area (Å²) in [6.07, 6.45) is 2.08. The lowest BCUT2D eigenvalue weighted by atomic mass is 10.2. The zero-order valence-corrected chi connectivity index (χ0v) is 16.0. The molecule has 0 unspecified atom stereocenters. The first-order valence-corrected chi connectivity index (χ1v) is 10.1. The molecule has 6 nitrogen and oxygen atoms in total. The number of benzene rings is 2. The molecule has 3 aromatic rings. The van der Waals surface area contributed by atoms with Gasteiger partial charge in [-0.15, -0.1) is 0 Å². The molecule has 7 heteroatoms. The number of aromatic nitrogens is 2. The highest BCUT2D eigenvalue weighted by Crippen LogP contribution is 2.22. The molecule has 0 saturated carbocycles. The van der Waals surface area contributed by atoms with Crippen molar-refractivity contribution in [3.05, 3.63) is 64.4 Å². The van der Waals surface area contributed by atoms with E-state index in [1.165, 1.54) is 16.3 Å². The number of fused-ring (bicyclic) bond motifs is 1. The first-order chi connectivity index (χ1) is 13.7. The van der Waals surface area contributed by atoms with Gasteiger partial charge in [-0.3, -0.25) is 14.2 Å². The van der Waals surface area contributed by atoms with Gasteiger partial charge in [0.15, 0.2) is 5.16 Å². The second-order valence-corrected chi connectivity index (χ2v) is 7.53. The predicted molar refractivity (Wildman–Crippen MR) is 109 cm³/mol. The molecule has 0 atom stereocenters. The first kappa shape index (κ1) is 18.3. The van der Waals surface area contributed by atoms with Crippen molar-refractivity contribution in [3.63, 3.8) is 0 Å². The molecule has 0 radical (unpaired) electrons. The molecule has 0 bridgehead atoms. The highest BCUT2D eigenvalue weighted by molar-refractivity contribution is 7.99. The Morgan fingerprint density at radius 2 is 1.82 bits per heavy atom. The molecular formula is C21H18N4O2S. The van der Waals surface area contributed by atoms with Crippen molar-refractivity contribution in [1.82, 2.24) is 14.5 Å². The molecule has 140 valence electrons. The van der Waals surface area contributed by atoms with Crippen LogP contribution in [0.25, 0.3) is 16.6 Å². The Balaban J connectivity index is 1.75. The van der Waals surface area contributed by atoms with Crippen LogP contribution >= 0.6 is 11.8 Å². The van der Waals surface area contributed by atoms with E-state index in [0.29, 0.717) is 27.3 Å². The van der Waals surface area contributed by atoms with Gasteiger partial charge in [-0.1, -0.05) is 23.9 Å². The van der Waals surface area contributed by atoms with Crippen molar-refractivity contribution >= 4 is 28.6 Å². The summed E-state index contributed by atoms with van der Waals surface area (Å²) < 4.78 is 1.52. The third-order valence-corrected chi connectivity index (χ3v) is 5.71. The SMILES string of the molecule is N#Cc1ccc(-n2c(SCC(=O)N3CCCC3)nc3ccccc3c2=O)cc1. The van der Waals surface area contributed by atoms with Crippen molar-refractivity contribution in [1.29, 1.82) is 5.26 Å². The Labute approximate surface area is 166 Å². The Kier molecular flexibility index (Phi) is 5.13. The van der Waals surface area contributed by atoms with Gasteiger partial charge in [-0.05, 0) is 49.2 Å². The van der Waals surface area contributed by atoms with Gasteiger partial charge in [0.1, 0.15) is 0 Å². The average molecular weight is 390 g/mol. The average Bonchev–Trinajstić information content (AvgIpc) is 3.27. The van der Waals surface area contributed by atoms with Gasteiger partial charge in [-0.25, -0.2) is 4.98 Å². The number of carbonyl (C=O) groups is 1. The third-order valence-electron chi connectivity index (χ3n) is 4.78. The molecular weight excluding hydrogens is 372 g/mol. The highest BCUT2D eigenvalue weighted by atomic mass is 32.2. The zero-order valence-electron chi connectivity index (χ0n) is 15.2. The molecule has 28 heavy (non-hydrogen) atoms. The number of amides is 1. The summed E-state index contributed by atoms with van der Waals surface area (Å²) in [5.41, 5.74) is 1.56. The lowest BCUT2D eigenvalue weighted by Crippen LogP contribution is -2.29. The summed E-state index contributed by atoms with van der Waals surface area (Å²) in [6, 6.07) is 16.0. The molecule has 1 amide bonds. The predicted octanol–water partition coefficient (Wildman–Crippen LogP) is 2.97. The molecule has 2 aromatic carbocycles. The van der Waals surface area contributed by atoms with Gasteiger partial charge in [0.05, 0.1) is 34.0 Å². The van der Waals surface area contributed by atoms with Crippen LogP contribution in [0.1, 0.15) is 18.4 Å². The quantitative estimate of drug-likeness (QED) is 0.505. The van der Waals surface area contributed by atoms with Gasteiger partial charge in [-0.2, -0.15) is 5.26 Å². The monoisotopic (exact) mass is 390 g/mol. The lowest BCUT2D eigenvalue weighted by Gasteiger charge is -2.16. The Morgan fingerprint density at radius 3 is 2.54 bits per heavy atom. The number of nitriles is 1. The van der Waals surface area contributed by atoms with Crippen LogP contribution < -0.4 is 5.56 Å². The second kappa shape index (κ2) is 7.87. The number of likely N-dealkylation sites (tertiary alicyclic amines) is 1. The van der Waals surface area contributed by atoms with Gasteiger partial charge >= 0.3 is 0 Å². The van der Waals surface area contributed by atoms with E-state index in [2.05, 4.69) is 11.1 Å². The van der Waals surface area contributed by atoms with Crippen LogP contribution in [0.2, 0.25) is 0 Å². The molecule has 4 rings (SSSR count). The van der Waals surface area contributed by atoms with Crippen molar-refractivity contribution < 1.29 is 4.79 Å². The molecule has 0 spiro atoms. The minimum atomic E-state index is -0.188. The first-order valence-electron chi connectivity index (χ1n) is 9.10. The molecule has 1 aliphatic heterocycles. The Bertz CT molecular complexity index is 1130. The molecule has 0 N–H and O–H groups in total. The lowest BCUT2D eigenvalue weighted by molar-refractivity contribution is -0.127. The van der Waals surface area contributed by atoms with Crippen molar-refractivity contribution in [2.24, 2.45) is 0 Å². The van der Waals surface area contributed by atoms with Crippen LogP contribution in [0, 0.1) is 11.3 Å². The standard InChI is InChI=1S/C21H18N4O2S/c22-13-15-7-9-16(10-8-15)25-20(27)17-5-1-2-6-18(17)23-21(25)28-14-19(26)24-11-3-4-12-24/h1-2,5-10H,3-4,11-12,14H2. The summed E-state index contributed by atoms with van der Waals surface area (Å²) in [7, 11) is 0. The highest BCUT2D eigenvalue weighted by Gasteiger charge is 2.20. The van der Waals surface area contributed by atoms with E-state index in [1.54, 1.807) is 42.5 Å². The van der Waals surface area contributed by atoms with Crippen molar-refractivity contribution in [2.75, 3.05) is 18.8 Å². The normalized spacial score (nSPS) is 13.6. The van der Waals surface area contributed by atoms with Gasteiger partial charge in [0.25, 0.3) is 5.56 Å². The van der Waals surface area contributed by atoms with Crippen LogP contribution in [0.3, 0.4) is 0 Å². The van der Waals surface area contributed by atoms with E-state index in [9.17, 15) is 9.59 Å².